The molecule has 0 radical (unpaired) electrons. The fourth-order valence-electron chi connectivity index (χ4n) is 2.19. The Balaban J connectivity index is 2.70. The highest BCUT2D eigenvalue weighted by molar-refractivity contribution is 6.33. The number of benzene rings is 1. The monoisotopic (exact) mass is 280 g/mol. The maximum absolute atomic E-state index is 12.0. The van der Waals surface area contributed by atoms with E-state index in [2.05, 4.69) is 4.98 Å². The second-order valence-corrected chi connectivity index (χ2v) is 4.92. The first-order valence-corrected chi connectivity index (χ1v) is 6.55. The molecule has 1 aromatic carbocycles. The molecule has 0 unspecified atom stereocenters. The predicted molar refractivity (Wildman–Crippen MR) is 78.2 cm³/mol. The molecule has 2 rings (SSSR count). The molecule has 0 spiro atoms. The van der Waals surface area contributed by atoms with Crippen molar-refractivity contribution in [2.45, 2.75) is 19.8 Å². The van der Waals surface area contributed by atoms with Gasteiger partial charge in [-0.1, -0.05) is 11.6 Å². The highest BCUT2D eigenvalue weighted by Gasteiger charge is 2.12. The fourth-order valence-corrected chi connectivity index (χ4v) is 2.53. The number of aromatic nitrogens is 1. The summed E-state index contributed by atoms with van der Waals surface area (Å²) in [7, 11) is 1.54. The summed E-state index contributed by atoms with van der Waals surface area (Å²) in [6.07, 6.45) is 1.46. The number of pyridine rings is 1. The summed E-state index contributed by atoms with van der Waals surface area (Å²) in [5.74, 6) is 0.504. The van der Waals surface area contributed by atoms with Gasteiger partial charge in [0.15, 0.2) is 5.75 Å². The number of methoxy groups -OCH3 is 1. The van der Waals surface area contributed by atoms with Crippen molar-refractivity contribution in [1.29, 1.82) is 0 Å². The number of hydrogen-bond acceptors (Lipinski definition) is 3. The minimum atomic E-state index is -0.110. The first kappa shape index (κ1) is 13.9. The molecule has 0 aliphatic rings. The number of hydrogen-bond donors (Lipinski definition) is 2. The largest absolute Gasteiger partial charge is 0.493 e. The normalized spacial score (nSPS) is 10.9. The molecule has 5 heteroatoms. The molecule has 0 atom stereocenters. The van der Waals surface area contributed by atoms with E-state index in [4.69, 9.17) is 22.1 Å². The summed E-state index contributed by atoms with van der Waals surface area (Å²) in [5.41, 5.74) is 7.77. The van der Waals surface area contributed by atoms with Crippen LogP contribution in [0.2, 0.25) is 5.02 Å². The van der Waals surface area contributed by atoms with Gasteiger partial charge in [0.05, 0.1) is 17.6 Å². The molecule has 0 aliphatic heterocycles. The number of fused-ring (bicyclic) bond motifs is 1. The van der Waals surface area contributed by atoms with E-state index in [0.29, 0.717) is 29.3 Å². The average Bonchev–Trinajstić information content (AvgIpc) is 2.37. The van der Waals surface area contributed by atoms with Gasteiger partial charge in [0.25, 0.3) is 5.56 Å². The Kier molecular flexibility index (Phi) is 4.12. The Morgan fingerprint density at radius 1 is 1.42 bits per heavy atom. The van der Waals surface area contributed by atoms with Crippen molar-refractivity contribution >= 4 is 22.5 Å². The fraction of sp³-hybridized carbons (Fsp3) is 0.357. The van der Waals surface area contributed by atoms with Gasteiger partial charge in [-0.2, -0.15) is 0 Å². The Morgan fingerprint density at radius 2 is 2.16 bits per heavy atom. The number of ether oxygens (including phenoxy) is 1. The van der Waals surface area contributed by atoms with Gasteiger partial charge in [-0.25, -0.2) is 0 Å². The number of aromatic amines is 1. The molecule has 1 heterocycles. The maximum Gasteiger partial charge on any atom is 0.251 e. The van der Waals surface area contributed by atoms with E-state index in [0.717, 1.165) is 22.9 Å². The molecule has 0 bridgehead atoms. The lowest BCUT2D eigenvalue weighted by molar-refractivity contribution is 0.419. The van der Waals surface area contributed by atoms with E-state index >= 15 is 0 Å². The van der Waals surface area contributed by atoms with E-state index in [1.54, 1.807) is 0 Å². The molecule has 0 saturated carbocycles. The molecule has 3 N–H and O–H groups in total. The van der Waals surface area contributed by atoms with Crippen molar-refractivity contribution in [1.82, 2.24) is 4.98 Å². The Labute approximate surface area is 116 Å². The van der Waals surface area contributed by atoms with E-state index in [9.17, 15) is 4.79 Å². The Morgan fingerprint density at radius 3 is 2.79 bits per heavy atom. The zero-order chi connectivity index (χ0) is 14.0. The first-order chi connectivity index (χ1) is 9.08. The van der Waals surface area contributed by atoms with Crippen LogP contribution in [0.1, 0.15) is 17.5 Å². The molecule has 0 amide bonds. The lowest BCUT2D eigenvalue weighted by atomic mass is 10.0. The van der Waals surface area contributed by atoms with E-state index < -0.39 is 0 Å². The summed E-state index contributed by atoms with van der Waals surface area (Å²) in [4.78, 5) is 14.9. The molecular formula is C14H17ClN2O2. The highest BCUT2D eigenvalue weighted by Crippen LogP contribution is 2.33. The topological polar surface area (TPSA) is 68.1 Å². The van der Waals surface area contributed by atoms with E-state index in [-0.39, 0.29) is 5.56 Å². The number of halogens is 1. The minimum absolute atomic E-state index is 0.110. The standard InChI is InChI=1S/C14H17ClN2O2/c1-8-6-11(15)13(19-2)12-10(8)7-9(4-3-5-16)14(18)17-12/h6-7H,3-5,16H2,1-2H3,(H,17,18). The number of nitrogens with two attached hydrogens (primary N) is 1. The van der Waals surface area contributed by atoms with Gasteiger partial charge in [0.2, 0.25) is 0 Å². The average molecular weight is 281 g/mol. The van der Waals surface area contributed by atoms with Crippen LogP contribution < -0.4 is 16.0 Å². The van der Waals surface area contributed by atoms with Crippen LogP contribution in [0.3, 0.4) is 0 Å². The third kappa shape index (κ3) is 2.60. The summed E-state index contributed by atoms with van der Waals surface area (Å²) in [6, 6.07) is 3.74. The summed E-state index contributed by atoms with van der Waals surface area (Å²) >= 11 is 6.12. The van der Waals surface area contributed by atoms with Gasteiger partial charge in [-0.05, 0) is 44.0 Å². The van der Waals surface area contributed by atoms with Crippen LogP contribution >= 0.6 is 11.6 Å². The number of aryl methyl sites for hydroxylation is 2. The van der Waals surface area contributed by atoms with Crippen LogP contribution in [0, 0.1) is 6.92 Å². The van der Waals surface area contributed by atoms with Crippen LogP contribution in [-0.2, 0) is 6.42 Å². The van der Waals surface area contributed by atoms with Crippen LogP contribution in [-0.4, -0.2) is 18.6 Å². The zero-order valence-corrected chi connectivity index (χ0v) is 11.8. The summed E-state index contributed by atoms with van der Waals surface area (Å²) < 4.78 is 5.27. The molecule has 19 heavy (non-hydrogen) atoms. The van der Waals surface area contributed by atoms with Crippen LogP contribution in [0.15, 0.2) is 16.9 Å². The van der Waals surface area contributed by atoms with Gasteiger partial charge in [0.1, 0.15) is 0 Å². The van der Waals surface area contributed by atoms with Crippen LogP contribution in [0.4, 0.5) is 0 Å². The third-order valence-electron chi connectivity index (χ3n) is 3.18. The Bertz CT molecular complexity index is 665. The van der Waals surface area contributed by atoms with Crippen molar-refractivity contribution in [3.05, 3.63) is 38.6 Å². The smallest absolute Gasteiger partial charge is 0.251 e. The number of nitrogens with one attached hydrogen (secondary N) is 1. The lowest BCUT2D eigenvalue weighted by Gasteiger charge is -2.11. The molecular weight excluding hydrogens is 264 g/mol. The molecule has 2 aromatic rings. The van der Waals surface area contributed by atoms with Gasteiger partial charge in [0, 0.05) is 10.9 Å². The van der Waals surface area contributed by atoms with Gasteiger partial charge >= 0.3 is 0 Å². The van der Waals surface area contributed by atoms with Gasteiger partial charge in [-0.15, -0.1) is 0 Å². The molecule has 4 nitrogen and oxygen atoms in total. The molecule has 0 fully saturated rings. The molecule has 1 aromatic heterocycles. The maximum atomic E-state index is 12.0. The van der Waals surface area contributed by atoms with Crippen LogP contribution in [0.5, 0.6) is 5.75 Å². The van der Waals surface area contributed by atoms with Crippen molar-refractivity contribution in [3.8, 4) is 5.75 Å². The van der Waals surface area contributed by atoms with E-state index in [1.165, 1.54) is 7.11 Å². The number of rotatable bonds is 4. The Hall–Kier alpha value is -1.52. The van der Waals surface area contributed by atoms with E-state index in [1.807, 2.05) is 19.1 Å². The van der Waals surface area contributed by atoms with Crippen LogP contribution in [0.25, 0.3) is 10.9 Å². The quantitative estimate of drug-likeness (QED) is 0.903. The highest BCUT2D eigenvalue weighted by atomic mass is 35.5. The van der Waals surface area contributed by atoms with Crippen molar-refractivity contribution in [2.24, 2.45) is 5.73 Å². The second kappa shape index (κ2) is 5.63. The number of H-pyrrole nitrogens is 1. The SMILES string of the molecule is COc1c(Cl)cc(C)c2cc(CCCN)c(=O)[nH]c12. The van der Waals surface area contributed by atoms with Crippen molar-refractivity contribution in [2.75, 3.05) is 13.7 Å². The molecule has 102 valence electrons. The molecule has 0 aliphatic carbocycles. The zero-order valence-electron chi connectivity index (χ0n) is 11.0. The molecule has 0 saturated heterocycles. The lowest BCUT2D eigenvalue weighted by Crippen LogP contribution is -2.14. The van der Waals surface area contributed by atoms with Gasteiger partial charge in [-0.3, -0.25) is 4.79 Å². The van der Waals surface area contributed by atoms with Gasteiger partial charge < -0.3 is 15.5 Å². The predicted octanol–water partition coefficient (Wildman–Crippen LogP) is 2.39. The first-order valence-electron chi connectivity index (χ1n) is 6.17. The summed E-state index contributed by atoms with van der Waals surface area (Å²) in [6.45, 7) is 2.53. The van der Waals surface area contributed by atoms with Crippen molar-refractivity contribution < 1.29 is 4.74 Å². The minimum Gasteiger partial charge on any atom is -0.493 e. The second-order valence-electron chi connectivity index (χ2n) is 4.51. The third-order valence-corrected chi connectivity index (χ3v) is 3.47. The van der Waals surface area contributed by atoms with Crippen molar-refractivity contribution in [3.63, 3.8) is 0 Å². The summed E-state index contributed by atoms with van der Waals surface area (Å²) in [5, 5.41) is 1.45.